The van der Waals surface area contributed by atoms with E-state index in [1.165, 1.54) is 18.2 Å². The summed E-state index contributed by atoms with van der Waals surface area (Å²) in [5, 5.41) is 0.0954. The van der Waals surface area contributed by atoms with Gasteiger partial charge in [-0.2, -0.15) is 0 Å². The minimum atomic E-state index is -3.80. The van der Waals surface area contributed by atoms with Crippen molar-refractivity contribution in [1.29, 1.82) is 0 Å². The summed E-state index contributed by atoms with van der Waals surface area (Å²) in [5.41, 5.74) is 0.221. The number of hydrogen-bond donors (Lipinski definition) is 1. The molecule has 0 bridgehead atoms. The third-order valence-electron chi connectivity index (χ3n) is 4.09. The van der Waals surface area contributed by atoms with Crippen LogP contribution in [0.2, 0.25) is 5.02 Å². The van der Waals surface area contributed by atoms with Crippen molar-refractivity contribution in [3.63, 3.8) is 0 Å². The van der Waals surface area contributed by atoms with Crippen LogP contribution < -0.4 is 9.46 Å². The lowest BCUT2D eigenvalue weighted by atomic mass is 9.90. The molecule has 134 valence electrons. The third kappa shape index (κ3) is 4.14. The molecule has 0 aromatic heterocycles. The van der Waals surface area contributed by atoms with E-state index in [1.807, 2.05) is 38.1 Å². The smallest absolute Gasteiger partial charge is 0.216 e. The van der Waals surface area contributed by atoms with E-state index in [0.717, 1.165) is 5.56 Å². The van der Waals surface area contributed by atoms with E-state index in [1.54, 1.807) is 0 Å². The van der Waals surface area contributed by atoms with Gasteiger partial charge < -0.3 is 4.74 Å². The topological polar surface area (TPSA) is 55.4 Å². The van der Waals surface area contributed by atoms with Crippen LogP contribution in [-0.4, -0.2) is 14.0 Å². The Hall–Kier alpha value is -1.63. The van der Waals surface area contributed by atoms with Gasteiger partial charge in [0.1, 0.15) is 17.2 Å². The maximum Gasteiger partial charge on any atom is 0.216 e. The molecule has 1 aliphatic heterocycles. The largest absolute Gasteiger partial charge is 0.487 e. The van der Waals surface area contributed by atoms with Crippen molar-refractivity contribution < 1.29 is 17.5 Å². The van der Waals surface area contributed by atoms with Gasteiger partial charge in [0.25, 0.3) is 0 Å². The summed E-state index contributed by atoms with van der Waals surface area (Å²) >= 11 is 5.95. The van der Waals surface area contributed by atoms with Crippen molar-refractivity contribution in [2.75, 3.05) is 0 Å². The molecule has 0 radical (unpaired) electrons. The van der Waals surface area contributed by atoms with Gasteiger partial charge in [0, 0.05) is 22.6 Å². The molecule has 2 aromatic carbocycles. The minimum Gasteiger partial charge on any atom is -0.487 e. The number of fused-ring (bicyclic) bond motifs is 1. The lowest BCUT2D eigenvalue weighted by Gasteiger charge is -2.37. The fourth-order valence-electron chi connectivity index (χ4n) is 3.03. The first-order valence-electron chi connectivity index (χ1n) is 7.88. The highest BCUT2D eigenvalue weighted by atomic mass is 35.5. The average Bonchev–Trinajstić information content (AvgIpc) is 2.49. The molecule has 25 heavy (non-hydrogen) atoms. The molecule has 2 aromatic rings. The summed E-state index contributed by atoms with van der Waals surface area (Å²) in [5.74, 6) is -0.501. The Morgan fingerprint density at radius 1 is 1.24 bits per heavy atom. The molecule has 0 aliphatic carbocycles. The number of sulfonamides is 1. The Morgan fingerprint density at radius 3 is 2.68 bits per heavy atom. The molecule has 7 heteroatoms. The van der Waals surface area contributed by atoms with E-state index in [0.29, 0.717) is 12.2 Å². The van der Waals surface area contributed by atoms with Crippen molar-refractivity contribution in [2.45, 2.75) is 37.7 Å². The first-order valence-corrected chi connectivity index (χ1v) is 9.91. The molecule has 4 nitrogen and oxygen atoms in total. The zero-order valence-electron chi connectivity index (χ0n) is 13.9. The van der Waals surface area contributed by atoms with E-state index in [9.17, 15) is 12.8 Å². The molecule has 1 aliphatic rings. The number of para-hydroxylation sites is 1. The molecule has 0 unspecified atom stereocenters. The van der Waals surface area contributed by atoms with Crippen molar-refractivity contribution >= 4 is 21.6 Å². The van der Waals surface area contributed by atoms with Gasteiger partial charge in [-0.15, -0.1) is 0 Å². The highest BCUT2D eigenvalue weighted by molar-refractivity contribution is 7.88. The summed E-state index contributed by atoms with van der Waals surface area (Å²) in [6.45, 7) is 3.80. The first kappa shape index (κ1) is 18.2. The second-order valence-corrected chi connectivity index (χ2v) is 8.89. The van der Waals surface area contributed by atoms with Gasteiger partial charge in [-0.3, -0.25) is 0 Å². The summed E-state index contributed by atoms with van der Waals surface area (Å²) in [6.07, 6.45) is 0.467. The van der Waals surface area contributed by atoms with Crippen molar-refractivity contribution in [3.8, 4) is 5.75 Å². The van der Waals surface area contributed by atoms with Gasteiger partial charge in [-0.05, 0) is 32.0 Å². The Labute approximate surface area is 152 Å². The van der Waals surface area contributed by atoms with Gasteiger partial charge in [-0.25, -0.2) is 17.5 Å². The van der Waals surface area contributed by atoms with Crippen LogP contribution in [-0.2, 0) is 15.8 Å². The van der Waals surface area contributed by atoms with Gasteiger partial charge in [-0.1, -0.05) is 35.9 Å². The normalized spacial score (nSPS) is 19.1. The van der Waals surface area contributed by atoms with Crippen LogP contribution >= 0.6 is 11.6 Å². The fourth-order valence-corrected chi connectivity index (χ4v) is 4.74. The van der Waals surface area contributed by atoms with Crippen LogP contribution in [0.15, 0.2) is 42.5 Å². The van der Waals surface area contributed by atoms with Gasteiger partial charge in [0.2, 0.25) is 10.0 Å². The predicted octanol–water partition coefficient (Wildman–Crippen LogP) is 4.20. The van der Waals surface area contributed by atoms with Gasteiger partial charge in [0.15, 0.2) is 0 Å². The number of nitrogens with one attached hydrogen (secondary N) is 1. The number of hydrogen-bond acceptors (Lipinski definition) is 3. The van der Waals surface area contributed by atoms with Crippen LogP contribution in [0.25, 0.3) is 0 Å². The molecule has 3 rings (SSSR count). The van der Waals surface area contributed by atoms with Crippen LogP contribution in [0, 0.1) is 5.82 Å². The zero-order chi connectivity index (χ0) is 18.2. The SMILES string of the molecule is CC1(C)C[C@@H](NS(=O)(=O)Cc2c(F)cccc2Cl)c2ccccc2O1. The summed E-state index contributed by atoms with van der Waals surface area (Å²) < 4.78 is 47.7. The summed E-state index contributed by atoms with van der Waals surface area (Å²) in [4.78, 5) is 0. The number of benzene rings is 2. The molecule has 1 atom stereocenters. The van der Waals surface area contributed by atoms with E-state index < -0.39 is 33.2 Å². The molecular weight excluding hydrogens is 365 g/mol. The lowest BCUT2D eigenvalue weighted by molar-refractivity contribution is 0.0702. The molecule has 0 saturated heterocycles. The maximum absolute atomic E-state index is 13.9. The summed E-state index contributed by atoms with van der Waals surface area (Å²) in [6, 6.07) is 11.0. The number of halogens is 2. The van der Waals surface area contributed by atoms with Crippen molar-refractivity contribution in [1.82, 2.24) is 4.72 Å². The Kier molecular flexibility index (Phi) is 4.79. The molecule has 1 heterocycles. The Balaban J connectivity index is 1.88. The number of rotatable bonds is 4. The molecule has 0 spiro atoms. The quantitative estimate of drug-likeness (QED) is 0.860. The van der Waals surface area contributed by atoms with E-state index in [2.05, 4.69) is 4.72 Å². The third-order valence-corrected chi connectivity index (χ3v) is 5.76. The van der Waals surface area contributed by atoms with Crippen LogP contribution in [0.3, 0.4) is 0 Å². The molecule has 1 N–H and O–H groups in total. The molecule has 0 amide bonds. The average molecular weight is 384 g/mol. The molecule has 0 saturated carbocycles. The zero-order valence-corrected chi connectivity index (χ0v) is 15.5. The predicted molar refractivity (Wildman–Crippen MR) is 95.7 cm³/mol. The number of ether oxygens (including phenoxy) is 1. The lowest BCUT2D eigenvalue weighted by Crippen LogP contribution is -2.41. The Morgan fingerprint density at radius 2 is 1.96 bits per heavy atom. The molecular formula is C18H19ClFNO3S. The maximum atomic E-state index is 13.9. The van der Waals surface area contributed by atoms with E-state index in [-0.39, 0.29) is 10.6 Å². The fraction of sp³-hybridized carbons (Fsp3) is 0.333. The highest BCUT2D eigenvalue weighted by Crippen LogP contribution is 2.39. The summed E-state index contributed by atoms with van der Waals surface area (Å²) in [7, 11) is -3.80. The van der Waals surface area contributed by atoms with Gasteiger partial charge in [0.05, 0.1) is 11.8 Å². The standard InChI is InChI=1S/C18H19ClFNO3S/c1-18(2)10-16(12-6-3-4-9-17(12)24-18)21-25(22,23)11-13-14(19)7-5-8-15(13)20/h3-9,16,21H,10-11H2,1-2H3/t16-/m1/s1. The van der Waals surface area contributed by atoms with Crippen molar-refractivity contribution in [2.24, 2.45) is 0 Å². The van der Waals surface area contributed by atoms with E-state index >= 15 is 0 Å². The van der Waals surface area contributed by atoms with Crippen molar-refractivity contribution in [3.05, 3.63) is 64.4 Å². The van der Waals surface area contributed by atoms with Gasteiger partial charge >= 0.3 is 0 Å². The Bertz CT molecular complexity index is 879. The minimum absolute atomic E-state index is 0.0312. The highest BCUT2D eigenvalue weighted by Gasteiger charge is 2.35. The first-order chi connectivity index (χ1) is 11.7. The van der Waals surface area contributed by atoms with E-state index in [4.69, 9.17) is 16.3 Å². The second kappa shape index (κ2) is 6.59. The monoisotopic (exact) mass is 383 g/mol. The van der Waals surface area contributed by atoms with Crippen LogP contribution in [0.4, 0.5) is 4.39 Å². The van der Waals surface area contributed by atoms with Crippen LogP contribution in [0.5, 0.6) is 5.75 Å². The second-order valence-electron chi connectivity index (χ2n) is 6.73. The molecule has 0 fully saturated rings. The van der Waals surface area contributed by atoms with Crippen LogP contribution in [0.1, 0.15) is 37.4 Å².